The van der Waals surface area contributed by atoms with Gasteiger partial charge in [0, 0.05) is 29.8 Å². The van der Waals surface area contributed by atoms with Crippen molar-refractivity contribution in [2.24, 2.45) is 0 Å². The van der Waals surface area contributed by atoms with Crippen LogP contribution in [0.5, 0.6) is 0 Å². The predicted molar refractivity (Wildman–Crippen MR) is 79.4 cm³/mol. The van der Waals surface area contributed by atoms with Crippen LogP contribution in [0.25, 0.3) is 11.3 Å². The summed E-state index contributed by atoms with van der Waals surface area (Å²) >= 11 is 0. The first-order valence-electron chi connectivity index (χ1n) is 6.28. The van der Waals surface area contributed by atoms with Crippen molar-refractivity contribution in [3.05, 3.63) is 60.8 Å². The standard InChI is InChI=1S/C15H12FN5/c16-12-8-11(3-4-13(12)17)20-15-19-7-5-14(21-15)10-2-1-6-18-9-10/h1-9H,17H2,(H,19,20,21). The number of benzene rings is 1. The maximum atomic E-state index is 13.4. The summed E-state index contributed by atoms with van der Waals surface area (Å²) in [5.41, 5.74) is 7.69. The maximum Gasteiger partial charge on any atom is 0.227 e. The molecule has 0 radical (unpaired) electrons. The molecule has 0 amide bonds. The number of nitrogen functional groups attached to an aromatic ring is 1. The third-order valence-corrected chi connectivity index (χ3v) is 2.87. The fourth-order valence-electron chi connectivity index (χ4n) is 1.83. The van der Waals surface area contributed by atoms with E-state index in [0.29, 0.717) is 11.6 Å². The summed E-state index contributed by atoms with van der Waals surface area (Å²) < 4.78 is 13.4. The van der Waals surface area contributed by atoms with Gasteiger partial charge in [-0.2, -0.15) is 0 Å². The number of hydrogen-bond donors (Lipinski definition) is 2. The molecule has 1 aromatic carbocycles. The van der Waals surface area contributed by atoms with Crippen LogP contribution in [0.15, 0.2) is 55.0 Å². The Bertz CT molecular complexity index is 761. The highest BCUT2D eigenvalue weighted by Crippen LogP contribution is 2.20. The summed E-state index contributed by atoms with van der Waals surface area (Å²) in [4.78, 5) is 12.5. The molecule has 0 saturated heterocycles. The topological polar surface area (TPSA) is 76.7 Å². The Kier molecular flexibility index (Phi) is 3.42. The number of pyridine rings is 1. The molecule has 0 unspecified atom stereocenters. The molecule has 5 nitrogen and oxygen atoms in total. The summed E-state index contributed by atoms with van der Waals surface area (Å²) in [7, 11) is 0. The van der Waals surface area contributed by atoms with E-state index in [1.54, 1.807) is 30.7 Å². The number of anilines is 3. The van der Waals surface area contributed by atoms with Gasteiger partial charge in [-0.25, -0.2) is 14.4 Å². The molecule has 0 aliphatic heterocycles. The average molecular weight is 281 g/mol. The zero-order valence-corrected chi connectivity index (χ0v) is 11.0. The zero-order valence-electron chi connectivity index (χ0n) is 11.0. The minimum Gasteiger partial charge on any atom is -0.396 e. The lowest BCUT2D eigenvalue weighted by atomic mass is 10.2. The van der Waals surface area contributed by atoms with Crippen LogP contribution in [-0.4, -0.2) is 15.0 Å². The molecule has 104 valence electrons. The summed E-state index contributed by atoms with van der Waals surface area (Å²) in [6, 6.07) is 9.98. The van der Waals surface area contributed by atoms with Crippen LogP contribution in [0.4, 0.5) is 21.7 Å². The monoisotopic (exact) mass is 281 g/mol. The number of nitrogens with two attached hydrogens (primary N) is 1. The quantitative estimate of drug-likeness (QED) is 0.722. The molecule has 3 rings (SSSR count). The van der Waals surface area contributed by atoms with Gasteiger partial charge in [-0.3, -0.25) is 4.98 Å². The summed E-state index contributed by atoms with van der Waals surface area (Å²) in [6.07, 6.45) is 5.04. The van der Waals surface area contributed by atoms with Gasteiger partial charge in [0.15, 0.2) is 0 Å². The number of aromatic nitrogens is 3. The van der Waals surface area contributed by atoms with Gasteiger partial charge < -0.3 is 11.1 Å². The molecule has 0 saturated carbocycles. The molecular formula is C15H12FN5. The highest BCUT2D eigenvalue weighted by Gasteiger charge is 2.04. The van der Waals surface area contributed by atoms with Crippen LogP contribution in [-0.2, 0) is 0 Å². The van der Waals surface area contributed by atoms with Gasteiger partial charge in [0.1, 0.15) is 5.82 Å². The summed E-state index contributed by atoms with van der Waals surface area (Å²) in [6.45, 7) is 0. The number of halogens is 1. The smallest absolute Gasteiger partial charge is 0.227 e. The Balaban J connectivity index is 1.88. The molecule has 3 aromatic rings. The van der Waals surface area contributed by atoms with Crippen LogP contribution in [0.3, 0.4) is 0 Å². The molecule has 0 spiro atoms. The molecule has 3 N–H and O–H groups in total. The first-order valence-corrected chi connectivity index (χ1v) is 6.28. The van der Waals surface area contributed by atoms with Gasteiger partial charge >= 0.3 is 0 Å². The highest BCUT2D eigenvalue weighted by atomic mass is 19.1. The Morgan fingerprint density at radius 1 is 1.10 bits per heavy atom. The van der Waals surface area contributed by atoms with Crippen molar-refractivity contribution in [1.29, 1.82) is 0 Å². The normalized spacial score (nSPS) is 10.3. The van der Waals surface area contributed by atoms with E-state index < -0.39 is 5.82 Å². The number of rotatable bonds is 3. The van der Waals surface area contributed by atoms with Crippen molar-refractivity contribution < 1.29 is 4.39 Å². The van der Waals surface area contributed by atoms with Crippen molar-refractivity contribution in [2.45, 2.75) is 0 Å². The lowest BCUT2D eigenvalue weighted by molar-refractivity contribution is 0.633. The first-order chi connectivity index (χ1) is 10.2. The lowest BCUT2D eigenvalue weighted by Crippen LogP contribution is -1.99. The largest absolute Gasteiger partial charge is 0.396 e. The van der Waals surface area contributed by atoms with E-state index >= 15 is 0 Å². The van der Waals surface area contributed by atoms with E-state index in [1.165, 1.54) is 12.1 Å². The second kappa shape index (κ2) is 5.54. The fraction of sp³-hybridized carbons (Fsp3) is 0. The molecular weight excluding hydrogens is 269 g/mol. The van der Waals surface area contributed by atoms with E-state index in [9.17, 15) is 4.39 Å². The van der Waals surface area contributed by atoms with Crippen LogP contribution in [0.2, 0.25) is 0 Å². The Morgan fingerprint density at radius 2 is 2.00 bits per heavy atom. The second-order valence-electron chi connectivity index (χ2n) is 4.37. The molecule has 0 atom stereocenters. The van der Waals surface area contributed by atoms with Crippen molar-refractivity contribution in [3.8, 4) is 11.3 Å². The lowest BCUT2D eigenvalue weighted by Gasteiger charge is -2.07. The molecule has 0 aliphatic carbocycles. The Hall–Kier alpha value is -3.02. The van der Waals surface area contributed by atoms with Crippen molar-refractivity contribution in [2.75, 3.05) is 11.1 Å². The third kappa shape index (κ3) is 2.94. The van der Waals surface area contributed by atoms with Crippen LogP contribution < -0.4 is 11.1 Å². The van der Waals surface area contributed by atoms with Gasteiger partial charge in [0.05, 0.1) is 11.4 Å². The summed E-state index contributed by atoms with van der Waals surface area (Å²) in [5.74, 6) is -0.107. The number of nitrogens with zero attached hydrogens (tertiary/aromatic N) is 3. The molecule has 0 fully saturated rings. The molecule has 2 heterocycles. The fourth-order valence-corrected chi connectivity index (χ4v) is 1.83. The van der Waals surface area contributed by atoms with E-state index in [0.717, 1.165) is 11.3 Å². The van der Waals surface area contributed by atoms with Crippen LogP contribution >= 0.6 is 0 Å². The van der Waals surface area contributed by atoms with Crippen LogP contribution in [0, 0.1) is 5.82 Å². The predicted octanol–water partition coefficient (Wildman–Crippen LogP) is 3.00. The van der Waals surface area contributed by atoms with E-state index in [2.05, 4.69) is 20.3 Å². The molecule has 6 heteroatoms. The van der Waals surface area contributed by atoms with Gasteiger partial charge in [-0.05, 0) is 36.4 Å². The number of nitrogens with one attached hydrogen (secondary N) is 1. The first kappa shape index (κ1) is 13.0. The Labute approximate surface area is 120 Å². The minimum atomic E-state index is -0.483. The molecule has 2 aromatic heterocycles. The Morgan fingerprint density at radius 3 is 2.76 bits per heavy atom. The third-order valence-electron chi connectivity index (χ3n) is 2.87. The van der Waals surface area contributed by atoms with Gasteiger partial charge in [-0.15, -0.1) is 0 Å². The van der Waals surface area contributed by atoms with E-state index in [1.807, 2.05) is 12.1 Å². The number of hydrogen-bond acceptors (Lipinski definition) is 5. The molecule has 0 bridgehead atoms. The SMILES string of the molecule is Nc1ccc(Nc2nccc(-c3cccnc3)n2)cc1F. The zero-order chi connectivity index (χ0) is 14.7. The van der Waals surface area contributed by atoms with Crippen LogP contribution in [0.1, 0.15) is 0 Å². The van der Waals surface area contributed by atoms with Crippen molar-refractivity contribution >= 4 is 17.3 Å². The molecule has 0 aliphatic rings. The molecule has 21 heavy (non-hydrogen) atoms. The van der Waals surface area contributed by atoms with Gasteiger partial charge in [-0.1, -0.05) is 0 Å². The minimum absolute atomic E-state index is 0.102. The van der Waals surface area contributed by atoms with Gasteiger partial charge in [0.25, 0.3) is 0 Å². The second-order valence-corrected chi connectivity index (χ2v) is 4.37. The average Bonchev–Trinajstić information content (AvgIpc) is 2.52. The van der Waals surface area contributed by atoms with E-state index in [-0.39, 0.29) is 5.69 Å². The van der Waals surface area contributed by atoms with Crippen molar-refractivity contribution in [3.63, 3.8) is 0 Å². The maximum absolute atomic E-state index is 13.4. The van der Waals surface area contributed by atoms with Gasteiger partial charge in [0.2, 0.25) is 5.95 Å². The highest BCUT2D eigenvalue weighted by molar-refractivity contribution is 5.62. The summed E-state index contributed by atoms with van der Waals surface area (Å²) in [5, 5.41) is 2.94. The van der Waals surface area contributed by atoms with E-state index in [4.69, 9.17) is 5.73 Å². The van der Waals surface area contributed by atoms with Crippen molar-refractivity contribution in [1.82, 2.24) is 15.0 Å².